The van der Waals surface area contributed by atoms with Crippen LogP contribution in [0.25, 0.3) is 0 Å². The van der Waals surface area contributed by atoms with Crippen molar-refractivity contribution < 1.29 is 14.3 Å². The molecule has 0 aliphatic carbocycles. The van der Waals surface area contributed by atoms with Gasteiger partial charge in [0.15, 0.2) is 0 Å². The summed E-state index contributed by atoms with van der Waals surface area (Å²) in [6.07, 6.45) is 0. The van der Waals surface area contributed by atoms with E-state index in [1.165, 1.54) is 11.8 Å². The molecule has 0 aliphatic heterocycles. The van der Waals surface area contributed by atoms with Crippen molar-refractivity contribution in [3.05, 3.63) is 48.0 Å². The SMILES string of the molecule is COc1ccc(Sc2ccccc2C(=O)Cl)c(OC)c1. The van der Waals surface area contributed by atoms with Crippen LogP contribution >= 0.6 is 23.4 Å². The molecule has 0 spiro atoms. The molecule has 5 heteroatoms. The first-order chi connectivity index (χ1) is 9.65. The Morgan fingerprint density at radius 2 is 1.80 bits per heavy atom. The number of rotatable bonds is 5. The maximum Gasteiger partial charge on any atom is 0.253 e. The van der Waals surface area contributed by atoms with Crippen LogP contribution in [-0.2, 0) is 0 Å². The number of carbonyl (C=O) groups excluding carboxylic acids is 1. The Morgan fingerprint density at radius 1 is 1.05 bits per heavy atom. The Kier molecular flexibility index (Phi) is 4.93. The van der Waals surface area contributed by atoms with Gasteiger partial charge in [0.05, 0.1) is 19.1 Å². The highest BCUT2D eigenvalue weighted by Crippen LogP contribution is 2.38. The highest BCUT2D eigenvalue weighted by atomic mass is 35.5. The van der Waals surface area contributed by atoms with Crippen LogP contribution in [0.15, 0.2) is 52.3 Å². The van der Waals surface area contributed by atoms with Crippen LogP contribution < -0.4 is 9.47 Å². The maximum absolute atomic E-state index is 11.4. The van der Waals surface area contributed by atoms with Crippen molar-refractivity contribution in [1.29, 1.82) is 0 Å². The van der Waals surface area contributed by atoms with E-state index in [1.54, 1.807) is 32.4 Å². The summed E-state index contributed by atoms with van der Waals surface area (Å²) in [4.78, 5) is 13.1. The van der Waals surface area contributed by atoms with Crippen molar-refractivity contribution in [1.82, 2.24) is 0 Å². The summed E-state index contributed by atoms with van der Waals surface area (Å²) < 4.78 is 10.5. The molecule has 0 radical (unpaired) electrons. The number of ether oxygens (including phenoxy) is 2. The number of methoxy groups -OCH3 is 2. The van der Waals surface area contributed by atoms with Gasteiger partial charge in [-0.25, -0.2) is 0 Å². The summed E-state index contributed by atoms with van der Waals surface area (Å²) in [5.74, 6) is 1.40. The van der Waals surface area contributed by atoms with Crippen LogP contribution in [0.4, 0.5) is 0 Å². The van der Waals surface area contributed by atoms with Crippen LogP contribution in [0, 0.1) is 0 Å². The smallest absolute Gasteiger partial charge is 0.253 e. The maximum atomic E-state index is 11.4. The van der Waals surface area contributed by atoms with Crippen LogP contribution in [0.5, 0.6) is 11.5 Å². The van der Waals surface area contributed by atoms with Gasteiger partial charge in [0, 0.05) is 16.5 Å². The lowest BCUT2D eigenvalue weighted by molar-refractivity contribution is 0.107. The quantitative estimate of drug-likeness (QED) is 0.774. The van der Waals surface area contributed by atoms with Gasteiger partial charge in [0.25, 0.3) is 5.24 Å². The molecule has 0 N–H and O–H groups in total. The fraction of sp³-hybridized carbons (Fsp3) is 0.133. The molecule has 2 aromatic rings. The molecule has 0 atom stereocenters. The predicted molar refractivity (Wildman–Crippen MR) is 80.3 cm³/mol. The molecule has 0 aromatic heterocycles. The van der Waals surface area contributed by atoms with Gasteiger partial charge in [-0.1, -0.05) is 23.9 Å². The lowest BCUT2D eigenvalue weighted by Crippen LogP contribution is -1.93. The number of carbonyl (C=O) groups is 1. The van der Waals surface area contributed by atoms with Gasteiger partial charge >= 0.3 is 0 Å². The third-order valence-electron chi connectivity index (χ3n) is 2.69. The molecule has 0 unspecified atom stereocenters. The van der Waals surface area contributed by atoms with Gasteiger partial charge < -0.3 is 9.47 Å². The zero-order valence-electron chi connectivity index (χ0n) is 11.1. The summed E-state index contributed by atoms with van der Waals surface area (Å²) in [6.45, 7) is 0. The van der Waals surface area contributed by atoms with Crippen molar-refractivity contribution in [3.63, 3.8) is 0 Å². The van der Waals surface area contributed by atoms with Crippen LogP contribution in [0.2, 0.25) is 0 Å². The molecule has 0 amide bonds. The van der Waals surface area contributed by atoms with E-state index in [9.17, 15) is 4.79 Å². The summed E-state index contributed by atoms with van der Waals surface area (Å²) in [5.41, 5.74) is 0.483. The molecule has 104 valence electrons. The minimum atomic E-state index is -0.472. The molecule has 0 heterocycles. The monoisotopic (exact) mass is 308 g/mol. The van der Waals surface area contributed by atoms with E-state index < -0.39 is 5.24 Å². The van der Waals surface area contributed by atoms with Crippen molar-refractivity contribution in [2.45, 2.75) is 9.79 Å². The zero-order chi connectivity index (χ0) is 14.5. The Hall–Kier alpha value is -1.65. The number of benzene rings is 2. The van der Waals surface area contributed by atoms with Crippen molar-refractivity contribution >= 4 is 28.6 Å². The van der Waals surface area contributed by atoms with E-state index in [0.717, 1.165) is 9.79 Å². The van der Waals surface area contributed by atoms with E-state index in [2.05, 4.69) is 0 Å². The van der Waals surface area contributed by atoms with Crippen molar-refractivity contribution in [2.24, 2.45) is 0 Å². The minimum absolute atomic E-state index is 0.472. The fourth-order valence-corrected chi connectivity index (χ4v) is 2.95. The van der Waals surface area contributed by atoms with E-state index in [4.69, 9.17) is 21.1 Å². The number of hydrogen-bond acceptors (Lipinski definition) is 4. The largest absolute Gasteiger partial charge is 0.497 e. The second-order valence-corrected chi connectivity index (χ2v) is 5.32. The van der Waals surface area contributed by atoms with Crippen LogP contribution in [-0.4, -0.2) is 19.5 Å². The van der Waals surface area contributed by atoms with Crippen molar-refractivity contribution in [2.75, 3.05) is 14.2 Å². The Labute approximate surface area is 126 Å². The fourth-order valence-electron chi connectivity index (χ4n) is 1.70. The molecule has 0 saturated heterocycles. The van der Waals surface area contributed by atoms with E-state index in [0.29, 0.717) is 17.1 Å². The lowest BCUT2D eigenvalue weighted by atomic mass is 10.2. The lowest BCUT2D eigenvalue weighted by Gasteiger charge is -2.11. The zero-order valence-corrected chi connectivity index (χ0v) is 12.6. The van der Waals surface area contributed by atoms with Crippen molar-refractivity contribution in [3.8, 4) is 11.5 Å². The number of halogens is 1. The normalized spacial score (nSPS) is 10.2. The second kappa shape index (κ2) is 6.68. The highest BCUT2D eigenvalue weighted by Gasteiger charge is 2.12. The molecule has 0 aliphatic rings. The molecular weight excluding hydrogens is 296 g/mol. The number of hydrogen-bond donors (Lipinski definition) is 0. The Bertz CT molecular complexity index is 628. The molecule has 20 heavy (non-hydrogen) atoms. The summed E-state index contributed by atoms with van der Waals surface area (Å²) in [6, 6.07) is 12.7. The molecule has 0 fully saturated rings. The van der Waals surface area contributed by atoms with Gasteiger partial charge in [-0.2, -0.15) is 0 Å². The molecule has 0 saturated carbocycles. The third kappa shape index (κ3) is 3.26. The molecule has 3 nitrogen and oxygen atoms in total. The van der Waals surface area contributed by atoms with E-state index >= 15 is 0 Å². The Morgan fingerprint density at radius 3 is 2.45 bits per heavy atom. The van der Waals surface area contributed by atoms with Gasteiger partial charge in [0.2, 0.25) is 0 Å². The topological polar surface area (TPSA) is 35.5 Å². The summed E-state index contributed by atoms with van der Waals surface area (Å²) in [7, 11) is 3.19. The molecular formula is C15H13ClO3S. The first-order valence-corrected chi connectivity index (χ1v) is 7.04. The average molecular weight is 309 g/mol. The Balaban J connectivity index is 2.37. The first kappa shape index (κ1) is 14.8. The summed E-state index contributed by atoms with van der Waals surface area (Å²) in [5, 5.41) is -0.472. The van der Waals surface area contributed by atoms with Gasteiger partial charge in [-0.3, -0.25) is 4.79 Å². The average Bonchev–Trinajstić information content (AvgIpc) is 2.48. The molecule has 2 aromatic carbocycles. The van der Waals surface area contributed by atoms with E-state index in [1.807, 2.05) is 24.3 Å². The van der Waals surface area contributed by atoms with Gasteiger partial charge in [-0.15, -0.1) is 0 Å². The third-order valence-corrected chi connectivity index (χ3v) is 4.03. The van der Waals surface area contributed by atoms with E-state index in [-0.39, 0.29) is 0 Å². The summed E-state index contributed by atoms with van der Waals surface area (Å²) >= 11 is 7.02. The van der Waals surface area contributed by atoms with Crippen LogP contribution in [0.3, 0.4) is 0 Å². The molecule has 0 bridgehead atoms. The highest BCUT2D eigenvalue weighted by molar-refractivity contribution is 7.99. The minimum Gasteiger partial charge on any atom is -0.497 e. The standard InChI is InChI=1S/C15H13ClO3S/c1-18-10-7-8-14(12(9-10)19-2)20-13-6-4-3-5-11(13)15(16)17/h3-9H,1-2H3. The van der Waals surface area contributed by atoms with Crippen LogP contribution in [0.1, 0.15) is 10.4 Å². The van der Waals surface area contributed by atoms with Gasteiger partial charge in [0.1, 0.15) is 11.5 Å². The van der Waals surface area contributed by atoms with Gasteiger partial charge in [-0.05, 0) is 35.9 Å². The molecule has 2 rings (SSSR count). The first-order valence-electron chi connectivity index (χ1n) is 5.84. The predicted octanol–water partition coefficient (Wildman–Crippen LogP) is 4.23. The second-order valence-electron chi connectivity index (χ2n) is 3.89.